The van der Waals surface area contributed by atoms with E-state index >= 15 is 0 Å². The molecule has 0 unspecified atom stereocenters. The van der Waals surface area contributed by atoms with Crippen LogP contribution in [0.3, 0.4) is 0 Å². The van der Waals surface area contributed by atoms with Gasteiger partial charge < -0.3 is 24.5 Å². The van der Waals surface area contributed by atoms with E-state index in [1.165, 1.54) is 0 Å². The van der Waals surface area contributed by atoms with Gasteiger partial charge in [-0.15, -0.1) is 0 Å². The number of benzene rings is 2. The van der Waals surface area contributed by atoms with E-state index in [0.717, 1.165) is 5.56 Å². The summed E-state index contributed by atoms with van der Waals surface area (Å²) in [6.45, 7) is 1.73. The molecule has 146 valence electrons. The average Bonchev–Trinajstić information content (AvgIpc) is 3.17. The average molecular weight is 381 g/mol. The fourth-order valence-electron chi connectivity index (χ4n) is 3.15. The molecule has 0 bridgehead atoms. The lowest BCUT2D eigenvalue weighted by Gasteiger charge is -2.19. The first-order chi connectivity index (χ1) is 13.5. The summed E-state index contributed by atoms with van der Waals surface area (Å²) >= 11 is 0. The summed E-state index contributed by atoms with van der Waals surface area (Å²) in [6.07, 6.45) is 1.61. The number of hydrogen-bond acceptors (Lipinski definition) is 5. The molecule has 1 atom stereocenters. The van der Waals surface area contributed by atoms with Crippen molar-refractivity contribution < 1.29 is 19.0 Å². The molecule has 2 N–H and O–H groups in total. The van der Waals surface area contributed by atoms with Gasteiger partial charge in [-0.25, -0.2) is 4.98 Å². The van der Waals surface area contributed by atoms with Crippen LogP contribution in [0, 0.1) is 0 Å². The minimum Gasteiger partial charge on any atom is -0.493 e. The van der Waals surface area contributed by atoms with Crippen LogP contribution in [0.2, 0.25) is 0 Å². The van der Waals surface area contributed by atoms with E-state index in [1.54, 1.807) is 45.2 Å². The molecule has 0 aliphatic carbocycles. The fraction of sp³-hybridized carbons (Fsp3) is 0.238. The molecule has 28 heavy (non-hydrogen) atoms. The highest BCUT2D eigenvalue weighted by atomic mass is 16.5. The Morgan fingerprint density at radius 3 is 2.25 bits per heavy atom. The number of nitrogens with two attached hydrogens (primary N) is 1. The van der Waals surface area contributed by atoms with Gasteiger partial charge in [-0.3, -0.25) is 4.79 Å². The normalized spacial score (nSPS) is 11.7. The molecule has 7 heteroatoms. The molecule has 0 saturated heterocycles. The van der Waals surface area contributed by atoms with E-state index in [9.17, 15) is 4.79 Å². The lowest BCUT2D eigenvalue weighted by Crippen LogP contribution is -2.24. The second kappa shape index (κ2) is 8.04. The Balaban J connectivity index is 2.34. The smallest absolute Gasteiger partial charge is 0.240 e. The van der Waals surface area contributed by atoms with Gasteiger partial charge in [0.05, 0.1) is 39.0 Å². The highest BCUT2D eigenvalue weighted by Crippen LogP contribution is 2.46. The molecule has 0 radical (unpaired) electrons. The van der Waals surface area contributed by atoms with Crippen molar-refractivity contribution in [3.8, 4) is 39.8 Å². The van der Waals surface area contributed by atoms with Crippen molar-refractivity contribution in [3.05, 3.63) is 48.8 Å². The van der Waals surface area contributed by atoms with Crippen LogP contribution in [0.4, 0.5) is 0 Å². The first-order valence-electron chi connectivity index (χ1n) is 8.74. The van der Waals surface area contributed by atoms with Crippen molar-refractivity contribution in [2.75, 3.05) is 21.3 Å². The molecular formula is C21H23N3O4. The molecule has 0 fully saturated rings. The molecule has 7 nitrogen and oxygen atoms in total. The summed E-state index contributed by atoms with van der Waals surface area (Å²) in [6, 6.07) is 12.8. The quantitative estimate of drug-likeness (QED) is 0.678. The van der Waals surface area contributed by atoms with E-state index in [2.05, 4.69) is 4.98 Å². The number of carbonyl (C=O) groups is 1. The van der Waals surface area contributed by atoms with Crippen molar-refractivity contribution in [3.63, 3.8) is 0 Å². The summed E-state index contributed by atoms with van der Waals surface area (Å²) < 4.78 is 18.3. The molecule has 1 heterocycles. The number of rotatable bonds is 7. The van der Waals surface area contributed by atoms with Gasteiger partial charge in [-0.2, -0.15) is 0 Å². The minimum atomic E-state index is -0.599. The largest absolute Gasteiger partial charge is 0.493 e. The zero-order chi connectivity index (χ0) is 20.3. The number of imidazole rings is 1. The number of carbonyl (C=O) groups excluding carboxylic acids is 1. The molecule has 3 rings (SSSR count). The molecule has 3 aromatic rings. The van der Waals surface area contributed by atoms with Crippen molar-refractivity contribution >= 4 is 5.91 Å². The monoisotopic (exact) mass is 381 g/mol. The van der Waals surface area contributed by atoms with Gasteiger partial charge in [0.25, 0.3) is 0 Å². The van der Waals surface area contributed by atoms with Gasteiger partial charge >= 0.3 is 0 Å². The van der Waals surface area contributed by atoms with E-state index in [0.29, 0.717) is 34.2 Å². The van der Waals surface area contributed by atoms with Gasteiger partial charge in [-0.05, 0) is 19.1 Å². The molecule has 1 amide bonds. The summed E-state index contributed by atoms with van der Waals surface area (Å²) in [4.78, 5) is 16.5. The molecular weight excluding hydrogens is 358 g/mol. The van der Waals surface area contributed by atoms with Crippen LogP contribution < -0.4 is 19.9 Å². The number of ether oxygens (including phenoxy) is 3. The first kappa shape index (κ1) is 19.3. The van der Waals surface area contributed by atoms with E-state index in [-0.39, 0.29) is 0 Å². The Morgan fingerprint density at radius 1 is 1.00 bits per heavy atom. The highest BCUT2D eigenvalue weighted by molar-refractivity contribution is 5.86. The maximum atomic E-state index is 11.9. The van der Waals surface area contributed by atoms with E-state index in [1.807, 2.05) is 36.4 Å². The van der Waals surface area contributed by atoms with Crippen molar-refractivity contribution in [2.45, 2.75) is 13.0 Å². The van der Waals surface area contributed by atoms with Crippen molar-refractivity contribution in [2.24, 2.45) is 5.73 Å². The van der Waals surface area contributed by atoms with Gasteiger partial charge in [0.1, 0.15) is 6.04 Å². The Kier molecular flexibility index (Phi) is 5.54. The molecule has 1 aromatic heterocycles. The van der Waals surface area contributed by atoms with Crippen LogP contribution in [-0.4, -0.2) is 36.8 Å². The zero-order valence-electron chi connectivity index (χ0n) is 16.3. The predicted octanol–water partition coefficient (Wildman–Crippen LogP) is 3.29. The Morgan fingerprint density at radius 2 is 1.68 bits per heavy atom. The van der Waals surface area contributed by atoms with E-state index in [4.69, 9.17) is 19.9 Å². The molecule has 0 saturated carbocycles. The third-order valence-electron chi connectivity index (χ3n) is 4.63. The second-order valence-corrected chi connectivity index (χ2v) is 6.18. The van der Waals surface area contributed by atoms with Gasteiger partial charge in [-0.1, -0.05) is 30.3 Å². The van der Waals surface area contributed by atoms with Gasteiger partial charge in [0, 0.05) is 11.1 Å². The topological polar surface area (TPSA) is 88.6 Å². The number of primary amides is 1. The summed E-state index contributed by atoms with van der Waals surface area (Å²) in [5.74, 6) is 1.02. The van der Waals surface area contributed by atoms with Crippen LogP contribution in [0.15, 0.2) is 48.8 Å². The van der Waals surface area contributed by atoms with E-state index < -0.39 is 11.9 Å². The zero-order valence-corrected chi connectivity index (χ0v) is 16.3. The molecule has 0 aliphatic rings. The maximum absolute atomic E-state index is 11.9. The van der Waals surface area contributed by atoms with Gasteiger partial charge in [0.2, 0.25) is 11.7 Å². The summed E-state index contributed by atoms with van der Waals surface area (Å²) in [5, 5.41) is 0. The molecule has 0 spiro atoms. The standard InChI is InChI=1S/C21H23N3O4/c1-13(21(22)25)24-12-23-17(14-8-6-5-7-9-14)18(24)15-10-11-16(26-2)20(28-4)19(15)27-3/h5-13H,1-4H3,(H2,22,25)/t13-/m1/s1. The Bertz CT molecular complexity index is 983. The van der Waals surface area contributed by atoms with Crippen LogP contribution >= 0.6 is 0 Å². The van der Waals surface area contributed by atoms with Crippen molar-refractivity contribution in [1.82, 2.24) is 9.55 Å². The minimum absolute atomic E-state index is 0.459. The van der Waals surface area contributed by atoms with Gasteiger partial charge in [0.15, 0.2) is 11.5 Å². The van der Waals surface area contributed by atoms with Crippen LogP contribution in [0.5, 0.6) is 17.2 Å². The fourth-order valence-corrected chi connectivity index (χ4v) is 3.15. The maximum Gasteiger partial charge on any atom is 0.240 e. The Hall–Kier alpha value is -3.48. The third kappa shape index (κ3) is 3.26. The number of nitrogens with zero attached hydrogens (tertiary/aromatic N) is 2. The number of methoxy groups -OCH3 is 3. The lowest BCUT2D eigenvalue weighted by molar-refractivity contribution is -0.120. The molecule has 2 aromatic carbocycles. The number of hydrogen-bond donors (Lipinski definition) is 1. The lowest BCUT2D eigenvalue weighted by atomic mass is 10.0. The summed E-state index contributed by atoms with van der Waals surface area (Å²) in [7, 11) is 4.67. The predicted molar refractivity (Wildman–Crippen MR) is 107 cm³/mol. The second-order valence-electron chi connectivity index (χ2n) is 6.18. The number of aromatic nitrogens is 2. The molecule has 0 aliphatic heterocycles. The first-order valence-corrected chi connectivity index (χ1v) is 8.74. The van der Waals surface area contributed by atoms with Crippen LogP contribution in [0.25, 0.3) is 22.5 Å². The van der Waals surface area contributed by atoms with Crippen LogP contribution in [-0.2, 0) is 4.79 Å². The SMILES string of the molecule is COc1ccc(-c2c(-c3ccccc3)ncn2[C@H](C)C(N)=O)c(OC)c1OC. The summed E-state index contributed by atoms with van der Waals surface area (Å²) in [5.41, 5.74) is 8.60. The van der Waals surface area contributed by atoms with Crippen LogP contribution in [0.1, 0.15) is 13.0 Å². The Labute approximate surface area is 163 Å². The highest BCUT2D eigenvalue weighted by Gasteiger charge is 2.26. The number of amides is 1. The van der Waals surface area contributed by atoms with Crippen molar-refractivity contribution in [1.29, 1.82) is 0 Å². The third-order valence-corrected chi connectivity index (χ3v) is 4.63.